The van der Waals surface area contributed by atoms with Crippen molar-refractivity contribution in [2.75, 3.05) is 31.4 Å². The van der Waals surface area contributed by atoms with Crippen LogP contribution in [0.3, 0.4) is 0 Å². The second-order valence-electron chi connectivity index (χ2n) is 5.29. The maximum atomic E-state index is 12.4. The predicted molar refractivity (Wildman–Crippen MR) is 92.7 cm³/mol. The Kier molecular flexibility index (Phi) is 5.28. The minimum absolute atomic E-state index is 0.172. The molecule has 0 saturated carbocycles. The summed E-state index contributed by atoms with van der Waals surface area (Å²) >= 11 is 6.13. The molecule has 0 aliphatic rings. The minimum atomic E-state index is -0.172. The highest BCUT2D eigenvalue weighted by atomic mass is 35.5. The van der Waals surface area contributed by atoms with Gasteiger partial charge >= 0.3 is 6.03 Å². The monoisotopic (exact) mass is 317 g/mol. The summed E-state index contributed by atoms with van der Waals surface area (Å²) in [6, 6.07) is 15.0. The van der Waals surface area contributed by atoms with Gasteiger partial charge in [0.1, 0.15) is 0 Å². The molecule has 2 aromatic carbocycles. The van der Waals surface area contributed by atoms with E-state index >= 15 is 0 Å². The molecule has 1 N–H and O–H groups in total. The first kappa shape index (κ1) is 16.2. The number of urea groups is 1. The zero-order valence-corrected chi connectivity index (χ0v) is 13.8. The fourth-order valence-electron chi connectivity index (χ4n) is 2.13. The maximum Gasteiger partial charge on any atom is 0.321 e. The Morgan fingerprint density at radius 2 is 1.68 bits per heavy atom. The number of anilines is 2. The van der Waals surface area contributed by atoms with Crippen molar-refractivity contribution in [1.82, 2.24) is 4.90 Å². The Bertz CT molecular complexity index is 658. The van der Waals surface area contributed by atoms with Crippen LogP contribution in [-0.4, -0.2) is 32.1 Å². The lowest BCUT2D eigenvalue weighted by Crippen LogP contribution is -2.31. The molecule has 0 aliphatic heterocycles. The Hall–Kier alpha value is -2.20. The molecule has 4 nitrogen and oxygen atoms in total. The van der Waals surface area contributed by atoms with Gasteiger partial charge in [-0.1, -0.05) is 41.9 Å². The van der Waals surface area contributed by atoms with Crippen LogP contribution in [0.1, 0.15) is 5.56 Å². The van der Waals surface area contributed by atoms with Gasteiger partial charge in [0.2, 0.25) is 0 Å². The molecule has 0 unspecified atom stereocenters. The minimum Gasteiger partial charge on any atom is -0.376 e. The van der Waals surface area contributed by atoms with E-state index in [-0.39, 0.29) is 6.03 Å². The van der Waals surface area contributed by atoms with Crippen LogP contribution in [0.5, 0.6) is 0 Å². The molecule has 0 radical (unpaired) electrons. The number of nitrogens with zero attached hydrogens (tertiary/aromatic N) is 2. The van der Waals surface area contributed by atoms with Crippen molar-refractivity contribution >= 4 is 29.0 Å². The number of hydrogen-bond donors (Lipinski definition) is 1. The number of hydrogen-bond acceptors (Lipinski definition) is 2. The molecule has 2 amide bonds. The number of nitrogens with one attached hydrogen (secondary N) is 1. The largest absolute Gasteiger partial charge is 0.376 e. The van der Waals surface area contributed by atoms with Crippen LogP contribution < -0.4 is 10.2 Å². The average Bonchev–Trinajstić information content (AvgIpc) is 2.49. The summed E-state index contributed by atoms with van der Waals surface area (Å²) in [5.41, 5.74) is 2.66. The number of carbonyl (C=O) groups excluding carboxylic acids is 1. The molecule has 22 heavy (non-hydrogen) atoms. The van der Waals surface area contributed by atoms with E-state index < -0.39 is 0 Å². The molecule has 0 heterocycles. The van der Waals surface area contributed by atoms with Gasteiger partial charge in [0, 0.05) is 32.7 Å². The van der Waals surface area contributed by atoms with Crippen molar-refractivity contribution in [3.8, 4) is 0 Å². The first-order valence-corrected chi connectivity index (χ1v) is 7.38. The third-order valence-corrected chi connectivity index (χ3v) is 3.71. The van der Waals surface area contributed by atoms with Crippen molar-refractivity contribution in [1.29, 1.82) is 0 Å². The average molecular weight is 318 g/mol. The third kappa shape index (κ3) is 3.92. The SMILES string of the molecule is CN(Cc1ccccc1Cl)C(=O)Nc1ccccc1N(C)C. The maximum absolute atomic E-state index is 12.4. The quantitative estimate of drug-likeness (QED) is 0.922. The highest BCUT2D eigenvalue weighted by Gasteiger charge is 2.13. The summed E-state index contributed by atoms with van der Waals surface area (Å²) in [6.07, 6.45) is 0. The number of benzene rings is 2. The van der Waals surface area contributed by atoms with E-state index in [2.05, 4.69) is 5.32 Å². The molecule has 0 aliphatic carbocycles. The van der Waals surface area contributed by atoms with E-state index in [0.29, 0.717) is 11.6 Å². The van der Waals surface area contributed by atoms with Crippen molar-refractivity contribution in [3.05, 3.63) is 59.1 Å². The lowest BCUT2D eigenvalue weighted by Gasteiger charge is -2.22. The Labute approximate surface area is 136 Å². The van der Waals surface area contributed by atoms with Crippen molar-refractivity contribution in [2.45, 2.75) is 6.54 Å². The van der Waals surface area contributed by atoms with E-state index in [0.717, 1.165) is 16.9 Å². The molecule has 5 heteroatoms. The number of rotatable bonds is 4. The molecule has 0 fully saturated rings. The fraction of sp³-hybridized carbons (Fsp3) is 0.235. The first-order valence-electron chi connectivity index (χ1n) is 7.01. The molecule has 116 valence electrons. The normalized spacial score (nSPS) is 10.2. The van der Waals surface area contributed by atoms with Crippen molar-refractivity contribution in [2.24, 2.45) is 0 Å². The first-order chi connectivity index (χ1) is 10.5. The standard InChI is InChI=1S/C17H20ClN3O/c1-20(2)16-11-7-6-10-15(16)19-17(22)21(3)12-13-8-4-5-9-14(13)18/h4-11H,12H2,1-3H3,(H,19,22). The lowest BCUT2D eigenvalue weighted by atomic mass is 10.2. The topological polar surface area (TPSA) is 35.6 Å². The zero-order valence-electron chi connectivity index (χ0n) is 13.0. The third-order valence-electron chi connectivity index (χ3n) is 3.34. The number of para-hydroxylation sites is 2. The van der Waals surface area contributed by atoms with E-state index in [1.165, 1.54) is 0 Å². The molecular weight excluding hydrogens is 298 g/mol. The van der Waals surface area contributed by atoms with Crippen LogP contribution in [0.15, 0.2) is 48.5 Å². The second kappa shape index (κ2) is 7.18. The molecular formula is C17H20ClN3O. The molecule has 0 bridgehead atoms. The molecule has 2 rings (SSSR count). The van der Waals surface area contributed by atoms with E-state index in [4.69, 9.17) is 11.6 Å². The number of amides is 2. The molecule has 0 atom stereocenters. The fourth-order valence-corrected chi connectivity index (χ4v) is 2.33. The van der Waals surface area contributed by atoms with Gasteiger partial charge in [-0.2, -0.15) is 0 Å². The van der Waals surface area contributed by atoms with Crippen LogP contribution >= 0.6 is 11.6 Å². The Balaban J connectivity index is 2.08. The van der Waals surface area contributed by atoms with E-state index in [1.54, 1.807) is 11.9 Å². The van der Waals surface area contributed by atoms with E-state index in [1.807, 2.05) is 67.5 Å². The van der Waals surface area contributed by atoms with Gasteiger partial charge in [0.05, 0.1) is 11.4 Å². The van der Waals surface area contributed by atoms with Gasteiger partial charge in [-0.3, -0.25) is 0 Å². The summed E-state index contributed by atoms with van der Waals surface area (Å²) in [4.78, 5) is 15.9. The number of carbonyl (C=O) groups is 1. The van der Waals surface area contributed by atoms with Crippen LogP contribution in [0, 0.1) is 0 Å². The van der Waals surface area contributed by atoms with Gasteiger partial charge < -0.3 is 15.1 Å². The predicted octanol–water partition coefficient (Wildman–Crippen LogP) is 4.07. The Morgan fingerprint density at radius 3 is 2.36 bits per heavy atom. The lowest BCUT2D eigenvalue weighted by molar-refractivity contribution is 0.220. The molecule has 0 spiro atoms. The molecule has 0 saturated heterocycles. The summed E-state index contributed by atoms with van der Waals surface area (Å²) in [6.45, 7) is 0.454. The molecule has 2 aromatic rings. The summed E-state index contributed by atoms with van der Waals surface area (Å²) in [5.74, 6) is 0. The van der Waals surface area contributed by atoms with Crippen LogP contribution in [-0.2, 0) is 6.54 Å². The Morgan fingerprint density at radius 1 is 1.05 bits per heavy atom. The highest BCUT2D eigenvalue weighted by molar-refractivity contribution is 6.31. The molecule has 0 aromatic heterocycles. The summed E-state index contributed by atoms with van der Waals surface area (Å²) in [7, 11) is 5.63. The summed E-state index contributed by atoms with van der Waals surface area (Å²) < 4.78 is 0. The highest BCUT2D eigenvalue weighted by Crippen LogP contribution is 2.24. The van der Waals surface area contributed by atoms with Gasteiger partial charge in [-0.15, -0.1) is 0 Å². The van der Waals surface area contributed by atoms with E-state index in [9.17, 15) is 4.79 Å². The summed E-state index contributed by atoms with van der Waals surface area (Å²) in [5, 5.41) is 3.60. The van der Waals surface area contributed by atoms with Gasteiger partial charge in [-0.25, -0.2) is 4.79 Å². The van der Waals surface area contributed by atoms with Crippen molar-refractivity contribution in [3.63, 3.8) is 0 Å². The number of halogens is 1. The van der Waals surface area contributed by atoms with Crippen molar-refractivity contribution < 1.29 is 4.79 Å². The van der Waals surface area contributed by atoms with Gasteiger partial charge in [0.15, 0.2) is 0 Å². The van der Waals surface area contributed by atoms with Gasteiger partial charge in [0.25, 0.3) is 0 Å². The smallest absolute Gasteiger partial charge is 0.321 e. The van der Waals surface area contributed by atoms with Gasteiger partial charge in [-0.05, 0) is 23.8 Å². The van der Waals surface area contributed by atoms with Crippen LogP contribution in [0.2, 0.25) is 5.02 Å². The second-order valence-corrected chi connectivity index (χ2v) is 5.70. The zero-order chi connectivity index (χ0) is 16.1. The van der Waals surface area contributed by atoms with Crippen LogP contribution in [0.4, 0.5) is 16.2 Å². The van der Waals surface area contributed by atoms with Crippen LogP contribution in [0.25, 0.3) is 0 Å².